The summed E-state index contributed by atoms with van der Waals surface area (Å²) in [4.78, 5) is 0. The number of aromatic nitrogens is 3. The van der Waals surface area contributed by atoms with Crippen LogP contribution in [0.5, 0.6) is 0 Å². The summed E-state index contributed by atoms with van der Waals surface area (Å²) < 4.78 is 1.99. The lowest BCUT2D eigenvalue weighted by Crippen LogP contribution is -2.19. The molecular weight excluding hydrogens is 276 g/mol. The fraction of sp³-hybridized carbons (Fsp3) is 0.429. The van der Waals surface area contributed by atoms with Gasteiger partial charge in [0.05, 0.1) is 12.6 Å². The van der Waals surface area contributed by atoms with Gasteiger partial charge in [-0.15, -0.1) is 10.2 Å². The SMILES string of the molecule is OCc1nnc([C@H]2CCCN2)n1Cc1ccc(Cl)cc1. The molecule has 6 heteroatoms. The molecule has 1 aromatic carbocycles. The number of rotatable bonds is 4. The van der Waals surface area contributed by atoms with Gasteiger partial charge in [-0.1, -0.05) is 23.7 Å². The van der Waals surface area contributed by atoms with Gasteiger partial charge in [-0.2, -0.15) is 0 Å². The molecule has 1 aromatic heterocycles. The zero-order valence-corrected chi connectivity index (χ0v) is 11.8. The van der Waals surface area contributed by atoms with E-state index in [4.69, 9.17) is 11.6 Å². The summed E-state index contributed by atoms with van der Waals surface area (Å²) in [6, 6.07) is 7.93. The topological polar surface area (TPSA) is 63.0 Å². The summed E-state index contributed by atoms with van der Waals surface area (Å²) in [5.41, 5.74) is 1.11. The summed E-state index contributed by atoms with van der Waals surface area (Å²) in [5.74, 6) is 1.50. The quantitative estimate of drug-likeness (QED) is 0.903. The zero-order valence-electron chi connectivity index (χ0n) is 11.1. The van der Waals surface area contributed by atoms with Crippen LogP contribution in [0.1, 0.15) is 36.1 Å². The Morgan fingerprint density at radius 1 is 1.30 bits per heavy atom. The van der Waals surface area contributed by atoms with E-state index in [-0.39, 0.29) is 12.6 Å². The van der Waals surface area contributed by atoms with Crippen molar-refractivity contribution in [3.8, 4) is 0 Å². The smallest absolute Gasteiger partial charge is 0.159 e. The Morgan fingerprint density at radius 3 is 2.75 bits per heavy atom. The first-order valence-corrected chi connectivity index (χ1v) is 7.16. The molecule has 2 aromatic rings. The number of nitrogens with zero attached hydrogens (tertiary/aromatic N) is 3. The highest BCUT2D eigenvalue weighted by Crippen LogP contribution is 2.23. The second kappa shape index (κ2) is 5.91. The second-order valence-corrected chi connectivity index (χ2v) is 5.43. The molecule has 0 amide bonds. The first-order chi connectivity index (χ1) is 9.78. The minimum Gasteiger partial charge on any atom is -0.388 e. The molecule has 3 rings (SSSR count). The summed E-state index contributed by atoms with van der Waals surface area (Å²) in [6.45, 7) is 1.55. The molecule has 1 aliphatic heterocycles. The lowest BCUT2D eigenvalue weighted by molar-refractivity contribution is 0.265. The van der Waals surface area contributed by atoms with Crippen LogP contribution >= 0.6 is 11.6 Å². The van der Waals surface area contributed by atoms with Gasteiger partial charge in [0, 0.05) is 5.02 Å². The molecule has 1 aliphatic rings. The average molecular weight is 293 g/mol. The van der Waals surface area contributed by atoms with E-state index >= 15 is 0 Å². The lowest BCUT2D eigenvalue weighted by atomic mass is 10.2. The third-order valence-electron chi connectivity index (χ3n) is 3.62. The van der Waals surface area contributed by atoms with Crippen LogP contribution in [0.2, 0.25) is 5.02 Å². The Kier molecular flexibility index (Phi) is 4.00. The van der Waals surface area contributed by atoms with Gasteiger partial charge in [0.15, 0.2) is 11.6 Å². The molecule has 106 valence electrons. The molecule has 0 spiro atoms. The van der Waals surface area contributed by atoms with Gasteiger partial charge in [-0.25, -0.2) is 0 Å². The van der Waals surface area contributed by atoms with E-state index in [2.05, 4.69) is 15.5 Å². The van der Waals surface area contributed by atoms with Crippen LogP contribution in [0.25, 0.3) is 0 Å². The molecular formula is C14H17ClN4O. The summed E-state index contributed by atoms with van der Waals surface area (Å²) in [5, 5.41) is 21.9. The highest BCUT2D eigenvalue weighted by molar-refractivity contribution is 6.30. The third kappa shape index (κ3) is 2.70. The number of benzene rings is 1. The van der Waals surface area contributed by atoms with E-state index in [1.807, 2.05) is 28.8 Å². The van der Waals surface area contributed by atoms with E-state index in [1.54, 1.807) is 0 Å². The second-order valence-electron chi connectivity index (χ2n) is 4.99. The summed E-state index contributed by atoms with van der Waals surface area (Å²) in [7, 11) is 0. The number of nitrogens with one attached hydrogen (secondary N) is 1. The van der Waals surface area contributed by atoms with Crippen LogP contribution in [0.4, 0.5) is 0 Å². The minimum atomic E-state index is -0.104. The molecule has 1 fully saturated rings. The van der Waals surface area contributed by atoms with E-state index in [0.29, 0.717) is 12.4 Å². The van der Waals surface area contributed by atoms with Crippen molar-refractivity contribution in [2.45, 2.75) is 32.0 Å². The normalized spacial score (nSPS) is 18.6. The summed E-state index contributed by atoms with van der Waals surface area (Å²) >= 11 is 5.91. The number of hydrogen-bond acceptors (Lipinski definition) is 4. The van der Waals surface area contributed by atoms with Crippen LogP contribution in [0.15, 0.2) is 24.3 Å². The van der Waals surface area contributed by atoms with E-state index in [0.717, 1.165) is 35.8 Å². The van der Waals surface area contributed by atoms with Gasteiger partial charge in [-0.05, 0) is 37.1 Å². The molecule has 0 bridgehead atoms. The Bertz CT molecular complexity index is 575. The van der Waals surface area contributed by atoms with Gasteiger partial charge >= 0.3 is 0 Å². The lowest BCUT2D eigenvalue weighted by Gasteiger charge is -2.14. The molecule has 0 saturated carbocycles. The van der Waals surface area contributed by atoms with Crippen LogP contribution in [0, 0.1) is 0 Å². The Labute approximate surface area is 122 Å². The predicted octanol–water partition coefficient (Wildman–Crippen LogP) is 1.90. The molecule has 2 N–H and O–H groups in total. The number of aliphatic hydroxyl groups is 1. The Morgan fingerprint density at radius 2 is 2.10 bits per heavy atom. The van der Waals surface area contributed by atoms with Gasteiger partial charge in [-0.3, -0.25) is 0 Å². The molecule has 1 atom stereocenters. The maximum atomic E-state index is 9.43. The van der Waals surface area contributed by atoms with Gasteiger partial charge in [0.1, 0.15) is 6.61 Å². The fourth-order valence-corrected chi connectivity index (χ4v) is 2.70. The third-order valence-corrected chi connectivity index (χ3v) is 3.88. The molecule has 5 nitrogen and oxygen atoms in total. The van der Waals surface area contributed by atoms with Crippen molar-refractivity contribution in [2.24, 2.45) is 0 Å². The average Bonchev–Trinajstić information content (AvgIpc) is 3.10. The van der Waals surface area contributed by atoms with Crippen molar-refractivity contribution >= 4 is 11.6 Å². The molecule has 1 saturated heterocycles. The van der Waals surface area contributed by atoms with Crippen LogP contribution in [-0.2, 0) is 13.2 Å². The Balaban J connectivity index is 1.90. The minimum absolute atomic E-state index is 0.104. The molecule has 0 aliphatic carbocycles. The van der Waals surface area contributed by atoms with Crippen molar-refractivity contribution in [1.29, 1.82) is 0 Å². The van der Waals surface area contributed by atoms with Gasteiger partial charge in [0.2, 0.25) is 0 Å². The number of hydrogen-bond donors (Lipinski definition) is 2. The largest absolute Gasteiger partial charge is 0.388 e. The van der Waals surface area contributed by atoms with Gasteiger partial charge < -0.3 is 15.0 Å². The van der Waals surface area contributed by atoms with Crippen LogP contribution in [0.3, 0.4) is 0 Å². The molecule has 0 unspecified atom stereocenters. The fourth-order valence-electron chi connectivity index (χ4n) is 2.57. The monoisotopic (exact) mass is 292 g/mol. The van der Waals surface area contributed by atoms with E-state index < -0.39 is 0 Å². The number of halogens is 1. The highest BCUT2D eigenvalue weighted by atomic mass is 35.5. The highest BCUT2D eigenvalue weighted by Gasteiger charge is 2.23. The standard InChI is InChI=1S/C14H17ClN4O/c15-11-5-3-10(4-6-11)8-19-13(9-20)17-18-14(19)12-2-1-7-16-12/h3-6,12,16,20H,1-2,7-9H2/t12-/m1/s1. The first kappa shape index (κ1) is 13.5. The Hall–Kier alpha value is -1.43. The van der Waals surface area contributed by atoms with E-state index in [1.165, 1.54) is 0 Å². The maximum absolute atomic E-state index is 9.43. The van der Waals surface area contributed by atoms with Crippen molar-refractivity contribution in [2.75, 3.05) is 6.54 Å². The van der Waals surface area contributed by atoms with Crippen LogP contribution < -0.4 is 5.32 Å². The molecule has 20 heavy (non-hydrogen) atoms. The van der Waals surface area contributed by atoms with Gasteiger partial charge in [0.25, 0.3) is 0 Å². The summed E-state index contributed by atoms with van der Waals surface area (Å²) in [6.07, 6.45) is 2.21. The predicted molar refractivity (Wildman–Crippen MR) is 76.5 cm³/mol. The maximum Gasteiger partial charge on any atom is 0.159 e. The molecule has 2 heterocycles. The van der Waals surface area contributed by atoms with Crippen molar-refractivity contribution in [1.82, 2.24) is 20.1 Å². The number of aliphatic hydroxyl groups excluding tert-OH is 1. The van der Waals surface area contributed by atoms with E-state index in [9.17, 15) is 5.11 Å². The van der Waals surface area contributed by atoms with Crippen molar-refractivity contribution < 1.29 is 5.11 Å². The first-order valence-electron chi connectivity index (χ1n) is 6.78. The zero-order chi connectivity index (χ0) is 13.9. The van der Waals surface area contributed by atoms with Crippen molar-refractivity contribution in [3.05, 3.63) is 46.5 Å². The molecule has 0 radical (unpaired) electrons. The van der Waals surface area contributed by atoms with Crippen LogP contribution in [-0.4, -0.2) is 26.4 Å². The van der Waals surface area contributed by atoms with Crippen molar-refractivity contribution in [3.63, 3.8) is 0 Å².